The molecule has 3 nitrogen and oxygen atoms in total. The van der Waals surface area contributed by atoms with Gasteiger partial charge in [0.15, 0.2) is 0 Å². The Kier molecular flexibility index (Phi) is 4.51. The minimum absolute atomic E-state index is 0.407. The highest BCUT2D eigenvalue weighted by molar-refractivity contribution is 6.71. The predicted molar refractivity (Wildman–Crippen MR) is 62.2 cm³/mol. The van der Waals surface area contributed by atoms with Crippen LogP contribution < -0.4 is 9.16 Å². The lowest BCUT2D eigenvalue weighted by molar-refractivity contribution is 0.267. The van der Waals surface area contributed by atoms with Crippen LogP contribution in [0.25, 0.3) is 0 Å². The average Bonchev–Trinajstić information content (AvgIpc) is 2.20. The number of nitrogens with zero attached hydrogens (tertiary/aromatic N) is 1. The third-order valence-corrected chi connectivity index (χ3v) is 2.51. The van der Waals surface area contributed by atoms with Crippen molar-refractivity contribution in [2.45, 2.75) is 6.92 Å². The zero-order valence-electron chi connectivity index (χ0n) is 7.84. The fraction of sp³-hybridized carbons (Fsp3) is 0.222. The highest BCUT2D eigenvalue weighted by Gasteiger charge is 2.12. The summed E-state index contributed by atoms with van der Waals surface area (Å²) in [5.74, 6) is 0.459. The maximum Gasteiger partial charge on any atom is 0.335 e. The summed E-state index contributed by atoms with van der Waals surface area (Å²) in [6.07, 6.45) is 0. The number of halogens is 3. The monoisotopic (exact) mass is 267 g/mol. The summed E-state index contributed by atoms with van der Waals surface area (Å²) < 4.78 is 6.01. The molecular formula is C9H8Cl3NO2. The van der Waals surface area contributed by atoms with Gasteiger partial charge in [0, 0.05) is 17.8 Å². The van der Waals surface area contributed by atoms with Crippen molar-refractivity contribution >= 4 is 46.0 Å². The van der Waals surface area contributed by atoms with Crippen LogP contribution >= 0.6 is 35.0 Å². The molecule has 0 atom stereocenters. The van der Waals surface area contributed by atoms with Gasteiger partial charge in [-0.3, -0.25) is 4.79 Å². The van der Waals surface area contributed by atoms with Crippen molar-refractivity contribution in [3.8, 4) is 5.75 Å². The highest BCUT2D eigenvalue weighted by Crippen LogP contribution is 2.30. The van der Waals surface area contributed by atoms with E-state index in [1.54, 1.807) is 18.2 Å². The van der Waals surface area contributed by atoms with E-state index in [-0.39, 0.29) is 0 Å². The van der Waals surface area contributed by atoms with Crippen molar-refractivity contribution in [2.24, 2.45) is 0 Å². The van der Waals surface area contributed by atoms with Crippen LogP contribution in [0.3, 0.4) is 0 Å². The Morgan fingerprint density at radius 2 is 2.20 bits per heavy atom. The Bertz CT molecular complexity index is 370. The van der Waals surface area contributed by atoms with Crippen LogP contribution in [0.15, 0.2) is 18.2 Å². The molecule has 1 amide bonds. The lowest BCUT2D eigenvalue weighted by atomic mass is 10.3. The van der Waals surface area contributed by atoms with Gasteiger partial charge in [0.2, 0.25) is 0 Å². The van der Waals surface area contributed by atoms with Crippen LogP contribution in [0.4, 0.5) is 10.5 Å². The average molecular weight is 269 g/mol. The Labute approximate surface area is 103 Å². The molecule has 0 unspecified atom stereocenters. The number of carbonyl (C=O) groups is 1. The molecule has 82 valence electrons. The first kappa shape index (κ1) is 12.4. The van der Waals surface area contributed by atoms with Gasteiger partial charge in [-0.25, -0.2) is 4.42 Å². The smallest absolute Gasteiger partial charge is 0.335 e. The number of anilines is 1. The topological polar surface area (TPSA) is 29.5 Å². The van der Waals surface area contributed by atoms with Gasteiger partial charge in [-0.05, 0) is 30.7 Å². The maximum absolute atomic E-state index is 10.8. The molecule has 1 aromatic carbocycles. The molecule has 6 heteroatoms. The first-order valence-electron chi connectivity index (χ1n) is 4.14. The van der Waals surface area contributed by atoms with E-state index >= 15 is 0 Å². The molecule has 0 saturated heterocycles. The molecule has 0 heterocycles. The summed E-state index contributed by atoms with van der Waals surface area (Å²) in [7, 11) is 0. The molecule has 0 aliphatic carbocycles. The van der Waals surface area contributed by atoms with Crippen LogP contribution in [0.5, 0.6) is 5.75 Å². The van der Waals surface area contributed by atoms with E-state index in [1.807, 2.05) is 6.92 Å². The van der Waals surface area contributed by atoms with E-state index < -0.39 is 5.37 Å². The highest BCUT2D eigenvalue weighted by atomic mass is 35.5. The lowest BCUT2D eigenvalue weighted by Crippen LogP contribution is -2.12. The Morgan fingerprint density at radius 1 is 1.53 bits per heavy atom. The summed E-state index contributed by atoms with van der Waals surface area (Å²) in [6, 6.07) is 4.69. The number of benzene rings is 1. The first-order valence-corrected chi connectivity index (χ1v) is 5.23. The molecule has 0 radical (unpaired) electrons. The molecular weight excluding hydrogens is 260 g/mol. The maximum atomic E-state index is 10.8. The SMILES string of the molecule is CCOc1cc(N(Cl)C(=O)Cl)ccc1Cl. The fourth-order valence-corrected chi connectivity index (χ4v) is 1.36. The Balaban J connectivity index is 3.01. The standard InChI is InChI=1S/C9H8Cl3NO2/c1-2-15-8-5-6(3-4-7(8)10)13(12)9(11)14/h3-5H,2H2,1H3. The van der Waals surface area contributed by atoms with E-state index in [1.165, 1.54) is 0 Å². The van der Waals surface area contributed by atoms with Crippen molar-refractivity contribution in [1.29, 1.82) is 0 Å². The minimum Gasteiger partial charge on any atom is -0.492 e. The van der Waals surface area contributed by atoms with Gasteiger partial charge < -0.3 is 4.74 Å². The second-order valence-electron chi connectivity index (χ2n) is 2.58. The normalized spacial score (nSPS) is 9.87. The Hall–Kier alpha value is -0.640. The van der Waals surface area contributed by atoms with Crippen molar-refractivity contribution in [3.63, 3.8) is 0 Å². The number of carbonyl (C=O) groups excluding carboxylic acids is 1. The van der Waals surface area contributed by atoms with Crippen molar-refractivity contribution in [3.05, 3.63) is 23.2 Å². The minimum atomic E-state index is -0.790. The quantitative estimate of drug-likeness (QED) is 0.470. The van der Waals surface area contributed by atoms with Crippen molar-refractivity contribution < 1.29 is 9.53 Å². The predicted octanol–water partition coefficient (Wildman–Crippen LogP) is 4.06. The second kappa shape index (κ2) is 5.45. The van der Waals surface area contributed by atoms with E-state index in [0.29, 0.717) is 23.1 Å². The molecule has 0 fully saturated rings. The number of hydrogen-bond acceptors (Lipinski definition) is 2. The zero-order valence-corrected chi connectivity index (χ0v) is 10.1. The van der Waals surface area contributed by atoms with Crippen molar-refractivity contribution in [2.75, 3.05) is 11.0 Å². The zero-order chi connectivity index (χ0) is 11.4. The summed E-state index contributed by atoms with van der Waals surface area (Å²) in [4.78, 5) is 10.8. The van der Waals surface area contributed by atoms with E-state index in [0.717, 1.165) is 4.42 Å². The lowest BCUT2D eigenvalue weighted by Gasteiger charge is -2.12. The molecule has 0 aliphatic rings. The molecule has 1 aromatic rings. The summed E-state index contributed by atoms with van der Waals surface area (Å²) in [6.45, 7) is 2.30. The number of rotatable bonds is 3. The van der Waals surface area contributed by atoms with E-state index in [9.17, 15) is 4.79 Å². The summed E-state index contributed by atoms with van der Waals surface area (Å²) in [5.41, 5.74) is 0.407. The van der Waals surface area contributed by atoms with E-state index in [2.05, 4.69) is 0 Å². The molecule has 15 heavy (non-hydrogen) atoms. The molecule has 0 spiro atoms. The summed E-state index contributed by atoms with van der Waals surface area (Å²) in [5, 5.41) is -0.339. The third-order valence-electron chi connectivity index (χ3n) is 1.60. The number of amides is 1. The second-order valence-corrected chi connectivity index (χ2v) is 3.65. The molecule has 0 N–H and O–H groups in total. The number of ether oxygens (including phenoxy) is 1. The molecule has 0 aliphatic heterocycles. The van der Waals surface area contributed by atoms with Gasteiger partial charge in [0.25, 0.3) is 0 Å². The van der Waals surface area contributed by atoms with E-state index in [4.69, 9.17) is 39.7 Å². The van der Waals surface area contributed by atoms with Crippen LogP contribution in [-0.4, -0.2) is 12.0 Å². The van der Waals surface area contributed by atoms with Gasteiger partial charge in [-0.1, -0.05) is 11.6 Å². The number of hydrogen-bond donors (Lipinski definition) is 0. The van der Waals surface area contributed by atoms with Gasteiger partial charge >= 0.3 is 5.37 Å². The fourth-order valence-electron chi connectivity index (χ4n) is 0.982. The van der Waals surface area contributed by atoms with Crippen LogP contribution in [-0.2, 0) is 0 Å². The van der Waals surface area contributed by atoms with Crippen LogP contribution in [0.2, 0.25) is 5.02 Å². The summed E-state index contributed by atoms with van der Waals surface area (Å²) >= 11 is 16.7. The Morgan fingerprint density at radius 3 is 2.73 bits per heavy atom. The molecule has 1 rings (SSSR count). The van der Waals surface area contributed by atoms with Crippen molar-refractivity contribution in [1.82, 2.24) is 0 Å². The van der Waals surface area contributed by atoms with Gasteiger partial charge in [0.05, 0.1) is 17.3 Å². The van der Waals surface area contributed by atoms with Crippen LogP contribution in [0, 0.1) is 0 Å². The third kappa shape index (κ3) is 3.16. The first-order chi connectivity index (χ1) is 7.06. The van der Waals surface area contributed by atoms with Gasteiger partial charge in [0.1, 0.15) is 5.75 Å². The van der Waals surface area contributed by atoms with Gasteiger partial charge in [-0.15, -0.1) is 0 Å². The molecule has 0 saturated carbocycles. The largest absolute Gasteiger partial charge is 0.492 e. The molecule has 0 bridgehead atoms. The molecule has 0 aromatic heterocycles. The van der Waals surface area contributed by atoms with Crippen LogP contribution in [0.1, 0.15) is 6.92 Å². The van der Waals surface area contributed by atoms with Gasteiger partial charge in [-0.2, -0.15) is 0 Å².